The van der Waals surface area contributed by atoms with Gasteiger partial charge in [0.05, 0.1) is 12.6 Å². The van der Waals surface area contributed by atoms with E-state index in [-0.39, 0.29) is 5.56 Å². The lowest BCUT2D eigenvalue weighted by Crippen LogP contribution is -2.33. The van der Waals surface area contributed by atoms with Crippen LogP contribution in [-0.4, -0.2) is 44.4 Å². The molecule has 3 rings (SSSR count). The van der Waals surface area contributed by atoms with Crippen LogP contribution in [0.1, 0.15) is 53.7 Å². The number of nitrogens with zero attached hydrogens (tertiary/aromatic N) is 4. The average molecular weight is 332 g/mol. The molecule has 0 radical (unpaired) electrons. The van der Waals surface area contributed by atoms with Gasteiger partial charge in [0, 0.05) is 25.8 Å². The minimum absolute atomic E-state index is 0.00536. The Bertz CT molecular complexity index is 780. The summed E-state index contributed by atoms with van der Waals surface area (Å²) >= 11 is 0. The van der Waals surface area contributed by atoms with Crippen molar-refractivity contribution in [3.8, 4) is 0 Å². The summed E-state index contributed by atoms with van der Waals surface area (Å²) < 4.78 is 6.83. The van der Waals surface area contributed by atoms with E-state index >= 15 is 0 Å². The molecule has 1 aliphatic carbocycles. The molecule has 9 heteroatoms. The van der Waals surface area contributed by atoms with Crippen molar-refractivity contribution >= 4 is 5.91 Å². The number of ether oxygens (including phenoxy) is 1. The van der Waals surface area contributed by atoms with Crippen LogP contribution in [0.25, 0.3) is 0 Å². The van der Waals surface area contributed by atoms with Crippen LogP contribution >= 0.6 is 0 Å². The zero-order valence-corrected chi connectivity index (χ0v) is 13.7. The van der Waals surface area contributed by atoms with E-state index in [4.69, 9.17) is 4.74 Å². The normalized spacial score (nSPS) is 15.2. The maximum Gasteiger partial charge on any atom is 0.263 e. The van der Waals surface area contributed by atoms with Crippen molar-refractivity contribution in [1.82, 2.24) is 30.0 Å². The molecule has 0 bridgehead atoms. The Morgan fingerprint density at radius 1 is 1.54 bits per heavy atom. The number of nitrogens with one attached hydrogen (secondary N) is 2. The number of aromatic nitrogens is 5. The number of aromatic amines is 1. The minimum Gasteiger partial charge on any atom is -0.383 e. The molecule has 0 aromatic carbocycles. The third kappa shape index (κ3) is 3.51. The van der Waals surface area contributed by atoms with Crippen molar-refractivity contribution in [1.29, 1.82) is 0 Å². The number of hydrogen-bond acceptors (Lipinski definition) is 6. The Kier molecular flexibility index (Phi) is 4.70. The highest BCUT2D eigenvalue weighted by atomic mass is 16.5. The Labute approximate surface area is 138 Å². The number of carbonyl (C=O) groups excluding carboxylic acids is 1. The van der Waals surface area contributed by atoms with Gasteiger partial charge in [-0.3, -0.25) is 9.59 Å². The summed E-state index contributed by atoms with van der Waals surface area (Å²) in [5.41, 5.74) is -0.424. The zero-order chi connectivity index (χ0) is 17.1. The SMILES string of the molecule is COCCn1cnnc1[C@H](C)NC(=O)c1cnc(C2CC2)[nH]c1=O. The zero-order valence-electron chi connectivity index (χ0n) is 13.7. The molecule has 0 spiro atoms. The molecule has 2 aromatic rings. The van der Waals surface area contributed by atoms with Crippen molar-refractivity contribution in [3.63, 3.8) is 0 Å². The second-order valence-electron chi connectivity index (χ2n) is 5.86. The van der Waals surface area contributed by atoms with E-state index in [2.05, 4.69) is 25.5 Å². The van der Waals surface area contributed by atoms with Gasteiger partial charge in [-0.1, -0.05) is 0 Å². The van der Waals surface area contributed by atoms with Crippen LogP contribution < -0.4 is 10.9 Å². The number of carbonyl (C=O) groups is 1. The van der Waals surface area contributed by atoms with Gasteiger partial charge in [0.15, 0.2) is 5.82 Å². The number of hydrogen-bond donors (Lipinski definition) is 2. The van der Waals surface area contributed by atoms with Gasteiger partial charge in [-0.2, -0.15) is 0 Å². The quantitative estimate of drug-likeness (QED) is 0.757. The molecule has 2 aromatic heterocycles. The average Bonchev–Trinajstić information content (AvgIpc) is 3.30. The topological polar surface area (TPSA) is 115 Å². The molecular weight excluding hydrogens is 312 g/mol. The van der Waals surface area contributed by atoms with Gasteiger partial charge in [0.2, 0.25) is 0 Å². The number of amides is 1. The summed E-state index contributed by atoms with van der Waals surface area (Å²) in [5, 5.41) is 10.6. The summed E-state index contributed by atoms with van der Waals surface area (Å²) in [6.07, 6.45) is 4.98. The molecule has 128 valence electrons. The summed E-state index contributed by atoms with van der Waals surface area (Å²) in [5.74, 6) is 1.09. The summed E-state index contributed by atoms with van der Waals surface area (Å²) in [4.78, 5) is 31.3. The van der Waals surface area contributed by atoms with E-state index in [1.165, 1.54) is 6.20 Å². The second kappa shape index (κ2) is 6.91. The van der Waals surface area contributed by atoms with E-state index < -0.39 is 17.5 Å². The van der Waals surface area contributed by atoms with Crippen molar-refractivity contribution in [3.05, 3.63) is 40.1 Å². The van der Waals surface area contributed by atoms with Crippen molar-refractivity contribution in [2.45, 2.75) is 38.3 Å². The van der Waals surface area contributed by atoms with Crippen molar-refractivity contribution in [2.75, 3.05) is 13.7 Å². The van der Waals surface area contributed by atoms with E-state index in [1.54, 1.807) is 24.9 Å². The monoisotopic (exact) mass is 332 g/mol. The van der Waals surface area contributed by atoms with Crippen molar-refractivity contribution in [2.24, 2.45) is 0 Å². The summed E-state index contributed by atoms with van der Waals surface area (Å²) in [6.45, 7) is 2.88. The van der Waals surface area contributed by atoms with E-state index in [9.17, 15) is 9.59 Å². The minimum atomic E-state index is -0.486. The predicted octanol–water partition coefficient (Wildman–Crippen LogP) is 0.376. The van der Waals surface area contributed by atoms with Crippen LogP contribution in [0.4, 0.5) is 0 Å². The highest BCUT2D eigenvalue weighted by Gasteiger charge is 2.27. The lowest BCUT2D eigenvalue weighted by molar-refractivity contribution is 0.0935. The molecule has 1 saturated carbocycles. The van der Waals surface area contributed by atoms with Crippen LogP contribution in [0, 0.1) is 0 Å². The molecule has 1 fully saturated rings. The summed E-state index contributed by atoms with van der Waals surface area (Å²) in [6, 6.07) is -0.403. The van der Waals surface area contributed by atoms with Gasteiger partial charge in [0.1, 0.15) is 17.7 Å². The van der Waals surface area contributed by atoms with E-state index in [0.717, 1.165) is 12.8 Å². The van der Waals surface area contributed by atoms with E-state index in [1.807, 2.05) is 0 Å². The summed E-state index contributed by atoms with van der Waals surface area (Å²) in [7, 11) is 1.61. The molecule has 1 atom stereocenters. The molecular formula is C15H20N6O3. The maximum atomic E-state index is 12.3. The Balaban J connectivity index is 1.70. The highest BCUT2D eigenvalue weighted by molar-refractivity contribution is 5.93. The van der Waals surface area contributed by atoms with Crippen LogP contribution in [0.3, 0.4) is 0 Å². The molecule has 1 amide bonds. The molecule has 0 saturated heterocycles. The fourth-order valence-corrected chi connectivity index (χ4v) is 2.43. The van der Waals surface area contributed by atoms with Gasteiger partial charge < -0.3 is 19.6 Å². The van der Waals surface area contributed by atoms with Gasteiger partial charge in [-0.05, 0) is 19.8 Å². The molecule has 24 heavy (non-hydrogen) atoms. The van der Waals surface area contributed by atoms with Gasteiger partial charge in [-0.25, -0.2) is 4.98 Å². The van der Waals surface area contributed by atoms with E-state index in [0.29, 0.717) is 30.7 Å². The first-order valence-electron chi connectivity index (χ1n) is 7.87. The molecule has 2 N–H and O–H groups in total. The largest absolute Gasteiger partial charge is 0.383 e. The number of H-pyrrole nitrogens is 1. The molecule has 9 nitrogen and oxygen atoms in total. The standard InChI is InChI=1S/C15H20N6O3/c1-9(13-20-17-8-21(13)5-6-24-2)18-14(22)11-7-16-12(10-3-4-10)19-15(11)23/h7-10H,3-6H2,1-2H3,(H,18,22)(H,16,19,23)/t9-/m0/s1. The van der Waals surface area contributed by atoms with Crippen LogP contribution in [0.2, 0.25) is 0 Å². The van der Waals surface area contributed by atoms with Gasteiger partial charge >= 0.3 is 0 Å². The first kappa shape index (κ1) is 16.3. The lowest BCUT2D eigenvalue weighted by Gasteiger charge is -2.14. The highest BCUT2D eigenvalue weighted by Crippen LogP contribution is 2.37. The van der Waals surface area contributed by atoms with Gasteiger partial charge in [-0.15, -0.1) is 10.2 Å². The molecule has 0 unspecified atom stereocenters. The fraction of sp³-hybridized carbons (Fsp3) is 0.533. The predicted molar refractivity (Wildman–Crippen MR) is 84.6 cm³/mol. The Morgan fingerprint density at radius 2 is 2.33 bits per heavy atom. The Morgan fingerprint density at radius 3 is 3.00 bits per heavy atom. The first-order chi connectivity index (χ1) is 11.6. The Hall–Kier alpha value is -2.55. The van der Waals surface area contributed by atoms with Gasteiger partial charge in [0.25, 0.3) is 11.5 Å². The smallest absolute Gasteiger partial charge is 0.263 e. The lowest BCUT2D eigenvalue weighted by atomic mass is 10.2. The fourth-order valence-electron chi connectivity index (χ4n) is 2.43. The number of rotatable bonds is 7. The molecule has 1 aliphatic rings. The third-order valence-electron chi connectivity index (χ3n) is 3.94. The third-order valence-corrected chi connectivity index (χ3v) is 3.94. The second-order valence-corrected chi connectivity index (χ2v) is 5.86. The number of methoxy groups -OCH3 is 1. The van der Waals surface area contributed by atoms with Crippen LogP contribution in [-0.2, 0) is 11.3 Å². The maximum absolute atomic E-state index is 12.3. The van der Waals surface area contributed by atoms with Crippen LogP contribution in [0.5, 0.6) is 0 Å². The molecule has 0 aliphatic heterocycles. The van der Waals surface area contributed by atoms with Crippen molar-refractivity contribution < 1.29 is 9.53 Å². The molecule has 2 heterocycles. The van der Waals surface area contributed by atoms with Crippen LogP contribution in [0.15, 0.2) is 17.3 Å². The first-order valence-corrected chi connectivity index (χ1v) is 7.87.